The first kappa shape index (κ1) is 9.01. The highest BCUT2D eigenvalue weighted by atomic mass is 16.6. The first-order valence-electron chi connectivity index (χ1n) is 4.52. The van der Waals surface area contributed by atoms with E-state index in [2.05, 4.69) is 13.8 Å². The van der Waals surface area contributed by atoms with Crippen LogP contribution in [-0.2, 0) is 4.74 Å². The van der Waals surface area contributed by atoms with Crippen molar-refractivity contribution < 1.29 is 9.84 Å². The van der Waals surface area contributed by atoms with Gasteiger partial charge in [-0.3, -0.25) is 0 Å². The van der Waals surface area contributed by atoms with Crippen LogP contribution in [0, 0.1) is 5.92 Å². The predicted octanol–water partition coefficient (Wildman–Crippen LogP) is 1.92. The maximum Gasteiger partial charge on any atom is 0.154 e. The third-order valence-electron chi connectivity index (χ3n) is 2.06. The van der Waals surface area contributed by atoms with Crippen molar-refractivity contribution in [1.29, 1.82) is 0 Å². The van der Waals surface area contributed by atoms with E-state index in [9.17, 15) is 5.11 Å². The number of ether oxygens (including phenoxy) is 1. The molecule has 0 aromatic rings. The highest BCUT2D eigenvalue weighted by Gasteiger charge is 2.20. The standard InChI is InChI=1S/C9H18O2/c1-7(2)6-8-4-3-5-9(10)11-8/h7-10H,3-6H2,1-2H3/t8-,9?/m1/s1. The van der Waals surface area contributed by atoms with Gasteiger partial charge in [0.2, 0.25) is 0 Å². The molecular weight excluding hydrogens is 140 g/mol. The Bertz CT molecular complexity index is 110. The van der Waals surface area contributed by atoms with Gasteiger partial charge in [0, 0.05) is 0 Å². The summed E-state index contributed by atoms with van der Waals surface area (Å²) in [6.07, 6.45) is 3.94. The van der Waals surface area contributed by atoms with E-state index in [1.807, 2.05) is 0 Å². The van der Waals surface area contributed by atoms with Crippen molar-refractivity contribution in [3.05, 3.63) is 0 Å². The Labute approximate surface area is 68.6 Å². The zero-order chi connectivity index (χ0) is 8.27. The first-order chi connectivity index (χ1) is 5.18. The zero-order valence-corrected chi connectivity index (χ0v) is 7.42. The third-order valence-corrected chi connectivity index (χ3v) is 2.06. The highest BCUT2D eigenvalue weighted by molar-refractivity contribution is 4.66. The molecule has 0 amide bonds. The summed E-state index contributed by atoms with van der Waals surface area (Å²) in [5, 5.41) is 9.17. The SMILES string of the molecule is CC(C)C[C@H]1CCCC(O)O1. The fraction of sp³-hybridized carbons (Fsp3) is 1.00. The van der Waals surface area contributed by atoms with Gasteiger partial charge in [-0.2, -0.15) is 0 Å². The molecule has 1 heterocycles. The lowest BCUT2D eigenvalue weighted by Gasteiger charge is -2.27. The summed E-state index contributed by atoms with van der Waals surface area (Å²) in [5.41, 5.74) is 0. The molecule has 1 fully saturated rings. The van der Waals surface area contributed by atoms with Crippen LogP contribution in [0.5, 0.6) is 0 Å². The van der Waals surface area contributed by atoms with Crippen LogP contribution < -0.4 is 0 Å². The molecule has 2 atom stereocenters. The molecule has 2 heteroatoms. The summed E-state index contributed by atoms with van der Waals surface area (Å²) in [6.45, 7) is 4.37. The van der Waals surface area contributed by atoms with Crippen molar-refractivity contribution in [3.8, 4) is 0 Å². The maximum atomic E-state index is 9.17. The van der Waals surface area contributed by atoms with E-state index in [-0.39, 0.29) is 0 Å². The van der Waals surface area contributed by atoms with Gasteiger partial charge in [0.05, 0.1) is 6.10 Å². The minimum absolute atomic E-state index is 0.304. The first-order valence-corrected chi connectivity index (χ1v) is 4.52. The van der Waals surface area contributed by atoms with Gasteiger partial charge in [-0.25, -0.2) is 0 Å². The van der Waals surface area contributed by atoms with Gasteiger partial charge < -0.3 is 9.84 Å². The molecule has 1 N–H and O–H groups in total. The fourth-order valence-electron chi connectivity index (χ4n) is 1.58. The van der Waals surface area contributed by atoms with Crippen LogP contribution in [0.25, 0.3) is 0 Å². The molecule has 66 valence electrons. The molecule has 11 heavy (non-hydrogen) atoms. The van der Waals surface area contributed by atoms with Crippen molar-refractivity contribution in [1.82, 2.24) is 0 Å². The third kappa shape index (κ3) is 3.21. The lowest BCUT2D eigenvalue weighted by Crippen LogP contribution is -2.28. The number of rotatable bonds is 2. The minimum atomic E-state index is -0.493. The Morgan fingerprint density at radius 1 is 1.45 bits per heavy atom. The van der Waals surface area contributed by atoms with Crippen molar-refractivity contribution in [2.24, 2.45) is 5.92 Å². The molecule has 0 aliphatic carbocycles. The molecule has 0 aromatic carbocycles. The average Bonchev–Trinajstić information content (AvgIpc) is 1.85. The summed E-state index contributed by atoms with van der Waals surface area (Å²) >= 11 is 0. The summed E-state index contributed by atoms with van der Waals surface area (Å²) in [7, 11) is 0. The second kappa shape index (κ2) is 4.07. The lowest BCUT2D eigenvalue weighted by atomic mass is 9.99. The van der Waals surface area contributed by atoms with Crippen molar-refractivity contribution in [2.45, 2.75) is 51.9 Å². The smallest absolute Gasteiger partial charge is 0.154 e. The van der Waals surface area contributed by atoms with E-state index in [0.29, 0.717) is 12.0 Å². The van der Waals surface area contributed by atoms with Gasteiger partial charge in [0.1, 0.15) is 0 Å². The van der Waals surface area contributed by atoms with E-state index < -0.39 is 6.29 Å². The molecule has 0 spiro atoms. The van der Waals surface area contributed by atoms with Crippen LogP contribution in [-0.4, -0.2) is 17.5 Å². The lowest BCUT2D eigenvalue weighted by molar-refractivity contribution is -0.166. The van der Waals surface area contributed by atoms with E-state index in [1.54, 1.807) is 0 Å². The van der Waals surface area contributed by atoms with Crippen LogP contribution in [0.15, 0.2) is 0 Å². The number of hydrogen-bond acceptors (Lipinski definition) is 2. The number of hydrogen-bond donors (Lipinski definition) is 1. The van der Waals surface area contributed by atoms with Crippen LogP contribution in [0.3, 0.4) is 0 Å². The molecular formula is C9H18O2. The fourth-order valence-corrected chi connectivity index (χ4v) is 1.58. The summed E-state index contributed by atoms with van der Waals surface area (Å²) in [6, 6.07) is 0. The molecule has 1 aliphatic heterocycles. The topological polar surface area (TPSA) is 29.5 Å². The molecule has 1 unspecified atom stereocenters. The average molecular weight is 158 g/mol. The Morgan fingerprint density at radius 2 is 2.18 bits per heavy atom. The molecule has 0 radical (unpaired) electrons. The quantitative estimate of drug-likeness (QED) is 0.665. The van der Waals surface area contributed by atoms with E-state index in [1.165, 1.54) is 0 Å². The Balaban J connectivity index is 2.23. The number of aliphatic hydroxyl groups excluding tert-OH is 1. The molecule has 0 saturated carbocycles. The van der Waals surface area contributed by atoms with Crippen LogP contribution in [0.2, 0.25) is 0 Å². The predicted molar refractivity (Wildman–Crippen MR) is 44.2 cm³/mol. The molecule has 2 nitrogen and oxygen atoms in total. The molecule has 0 aromatic heterocycles. The molecule has 1 aliphatic rings. The molecule has 0 bridgehead atoms. The van der Waals surface area contributed by atoms with Gasteiger partial charge in [-0.1, -0.05) is 13.8 Å². The molecule has 1 rings (SSSR count). The summed E-state index contributed by atoms with van der Waals surface area (Å²) < 4.78 is 5.35. The second-order valence-corrected chi connectivity index (χ2v) is 3.77. The van der Waals surface area contributed by atoms with E-state index in [4.69, 9.17) is 4.74 Å². The normalized spacial score (nSPS) is 32.7. The van der Waals surface area contributed by atoms with Gasteiger partial charge in [-0.05, 0) is 31.6 Å². The van der Waals surface area contributed by atoms with Crippen LogP contribution in [0.4, 0.5) is 0 Å². The van der Waals surface area contributed by atoms with Gasteiger partial charge >= 0.3 is 0 Å². The Kier molecular flexibility index (Phi) is 3.34. The van der Waals surface area contributed by atoms with Gasteiger partial charge in [0.15, 0.2) is 6.29 Å². The van der Waals surface area contributed by atoms with Crippen molar-refractivity contribution >= 4 is 0 Å². The Morgan fingerprint density at radius 3 is 2.73 bits per heavy atom. The maximum absolute atomic E-state index is 9.17. The number of aliphatic hydroxyl groups is 1. The van der Waals surface area contributed by atoms with E-state index in [0.717, 1.165) is 25.7 Å². The summed E-state index contributed by atoms with van der Waals surface area (Å²) in [4.78, 5) is 0. The highest BCUT2D eigenvalue weighted by Crippen LogP contribution is 2.22. The van der Waals surface area contributed by atoms with Crippen molar-refractivity contribution in [2.75, 3.05) is 0 Å². The molecule has 1 saturated heterocycles. The largest absolute Gasteiger partial charge is 0.368 e. The second-order valence-electron chi connectivity index (χ2n) is 3.77. The van der Waals surface area contributed by atoms with Gasteiger partial charge in [-0.15, -0.1) is 0 Å². The van der Waals surface area contributed by atoms with E-state index >= 15 is 0 Å². The minimum Gasteiger partial charge on any atom is -0.368 e. The van der Waals surface area contributed by atoms with Crippen LogP contribution >= 0.6 is 0 Å². The Hall–Kier alpha value is -0.0800. The van der Waals surface area contributed by atoms with Crippen LogP contribution in [0.1, 0.15) is 39.5 Å². The van der Waals surface area contributed by atoms with Crippen molar-refractivity contribution in [3.63, 3.8) is 0 Å². The van der Waals surface area contributed by atoms with Gasteiger partial charge in [0.25, 0.3) is 0 Å². The zero-order valence-electron chi connectivity index (χ0n) is 7.42. The monoisotopic (exact) mass is 158 g/mol. The summed E-state index contributed by atoms with van der Waals surface area (Å²) in [5.74, 6) is 0.672.